The Morgan fingerprint density at radius 1 is 1.09 bits per heavy atom. The zero-order chi connectivity index (χ0) is 16.4. The van der Waals surface area contributed by atoms with E-state index < -0.39 is 11.6 Å². The van der Waals surface area contributed by atoms with Crippen molar-refractivity contribution >= 4 is 0 Å². The average Bonchev–Trinajstić information content (AvgIpc) is 3.05. The molecule has 7 heteroatoms. The molecule has 0 aliphatic rings. The van der Waals surface area contributed by atoms with Crippen LogP contribution in [0.25, 0.3) is 22.4 Å². The summed E-state index contributed by atoms with van der Waals surface area (Å²) >= 11 is 0. The van der Waals surface area contributed by atoms with Crippen molar-refractivity contribution in [3.63, 3.8) is 0 Å². The molecule has 0 saturated carbocycles. The van der Waals surface area contributed by atoms with Gasteiger partial charge >= 0.3 is 0 Å². The van der Waals surface area contributed by atoms with Gasteiger partial charge in [-0.15, -0.1) is 5.10 Å². The molecule has 23 heavy (non-hydrogen) atoms. The summed E-state index contributed by atoms with van der Waals surface area (Å²) in [5.41, 5.74) is 2.20. The lowest BCUT2D eigenvalue weighted by Crippen LogP contribution is -1.92. The number of nitrogens with one attached hydrogen (secondary N) is 1. The van der Waals surface area contributed by atoms with Gasteiger partial charge in [0, 0.05) is 11.1 Å². The molecule has 0 amide bonds. The maximum Gasteiger partial charge on any atom is 0.163 e. The Morgan fingerprint density at radius 2 is 1.87 bits per heavy atom. The van der Waals surface area contributed by atoms with E-state index in [-0.39, 0.29) is 5.69 Å². The van der Waals surface area contributed by atoms with Gasteiger partial charge in [-0.3, -0.25) is 0 Å². The third-order valence-corrected chi connectivity index (χ3v) is 3.36. The second kappa shape index (κ2) is 5.85. The molecule has 0 atom stereocenters. The van der Waals surface area contributed by atoms with E-state index in [1.54, 1.807) is 18.2 Å². The van der Waals surface area contributed by atoms with Gasteiger partial charge in [0.25, 0.3) is 0 Å². The quantitative estimate of drug-likeness (QED) is 0.805. The minimum Gasteiger partial charge on any atom is -0.496 e. The van der Waals surface area contributed by atoms with E-state index in [0.717, 1.165) is 12.1 Å². The van der Waals surface area contributed by atoms with E-state index in [1.165, 1.54) is 13.2 Å². The Morgan fingerprint density at radius 3 is 2.57 bits per heavy atom. The largest absolute Gasteiger partial charge is 0.496 e. The molecular weight excluding hydrogens is 302 g/mol. The summed E-state index contributed by atoms with van der Waals surface area (Å²) in [5.74, 6) is -1.39. The Balaban J connectivity index is 2.17. The molecule has 1 aromatic heterocycles. The number of hydrogen-bond acceptors (Lipinski definition) is 4. The van der Waals surface area contributed by atoms with Crippen molar-refractivity contribution in [1.82, 2.24) is 15.4 Å². The molecule has 1 N–H and O–H groups in total. The second-order valence-electron chi connectivity index (χ2n) is 4.69. The van der Waals surface area contributed by atoms with E-state index in [0.29, 0.717) is 28.1 Å². The van der Waals surface area contributed by atoms with E-state index in [2.05, 4.69) is 15.4 Å². The average molecular weight is 312 g/mol. The highest BCUT2D eigenvalue weighted by Crippen LogP contribution is 2.34. The summed E-state index contributed by atoms with van der Waals surface area (Å²) in [6.45, 7) is 0. The lowest BCUT2D eigenvalue weighted by Gasteiger charge is -2.10. The molecular formula is C16H10F2N4O. The van der Waals surface area contributed by atoms with Crippen LogP contribution in [0.2, 0.25) is 0 Å². The fraction of sp³-hybridized carbons (Fsp3) is 0.0625. The standard InChI is InChI=1S/C16H10F2N4O/c1-23-15-5-3-10(16-14(8-19)20-22-21-16)6-11(15)9-2-4-12(17)13(18)7-9/h2-7H,1H3,(H,20,21,22). The van der Waals surface area contributed by atoms with Crippen LogP contribution < -0.4 is 4.74 Å². The van der Waals surface area contributed by atoms with Crippen LogP contribution in [0.4, 0.5) is 8.78 Å². The summed E-state index contributed by atoms with van der Waals surface area (Å²) in [6.07, 6.45) is 0. The Hall–Kier alpha value is -3.27. The molecule has 2 aromatic carbocycles. The number of rotatable bonds is 3. The highest BCUT2D eigenvalue weighted by Gasteiger charge is 2.14. The highest BCUT2D eigenvalue weighted by molar-refractivity contribution is 5.77. The van der Waals surface area contributed by atoms with Gasteiger partial charge in [-0.05, 0) is 35.9 Å². The first kappa shape index (κ1) is 14.7. The predicted molar refractivity (Wildman–Crippen MR) is 78.4 cm³/mol. The summed E-state index contributed by atoms with van der Waals surface area (Å²) in [6, 6.07) is 10.6. The number of methoxy groups -OCH3 is 1. The van der Waals surface area contributed by atoms with Crippen LogP contribution in [-0.4, -0.2) is 22.5 Å². The van der Waals surface area contributed by atoms with Crippen LogP contribution in [0.5, 0.6) is 5.75 Å². The first-order valence-corrected chi connectivity index (χ1v) is 6.59. The fourth-order valence-electron chi connectivity index (χ4n) is 2.25. The van der Waals surface area contributed by atoms with Crippen LogP contribution in [0.1, 0.15) is 5.69 Å². The molecule has 0 spiro atoms. The van der Waals surface area contributed by atoms with Crippen LogP contribution in [0.15, 0.2) is 36.4 Å². The number of nitrogens with zero attached hydrogens (tertiary/aromatic N) is 3. The number of aromatic nitrogens is 3. The molecule has 0 radical (unpaired) electrons. The minimum atomic E-state index is -0.950. The maximum absolute atomic E-state index is 13.5. The number of H-pyrrole nitrogens is 1. The first-order chi connectivity index (χ1) is 11.1. The van der Waals surface area contributed by atoms with Crippen molar-refractivity contribution < 1.29 is 13.5 Å². The molecule has 0 aliphatic carbocycles. The zero-order valence-electron chi connectivity index (χ0n) is 12.0. The van der Waals surface area contributed by atoms with Gasteiger partial charge in [-0.2, -0.15) is 5.26 Å². The number of halogens is 2. The predicted octanol–water partition coefficient (Wildman–Crippen LogP) is 3.30. The summed E-state index contributed by atoms with van der Waals surface area (Å²) in [4.78, 5) is 0. The van der Waals surface area contributed by atoms with Crippen LogP contribution in [0, 0.1) is 23.0 Å². The molecule has 0 fully saturated rings. The van der Waals surface area contributed by atoms with Gasteiger partial charge in [-0.25, -0.2) is 13.9 Å². The number of benzene rings is 2. The molecule has 0 unspecified atom stereocenters. The zero-order valence-corrected chi connectivity index (χ0v) is 12.0. The van der Waals surface area contributed by atoms with Crippen molar-refractivity contribution in [1.29, 1.82) is 5.26 Å². The normalized spacial score (nSPS) is 10.3. The number of ether oxygens (including phenoxy) is 1. The fourth-order valence-corrected chi connectivity index (χ4v) is 2.25. The molecule has 5 nitrogen and oxygen atoms in total. The Kier molecular flexibility index (Phi) is 3.73. The van der Waals surface area contributed by atoms with Crippen molar-refractivity contribution in [2.24, 2.45) is 0 Å². The SMILES string of the molecule is COc1ccc(-c2nn[nH]c2C#N)cc1-c1ccc(F)c(F)c1. The number of nitriles is 1. The lowest BCUT2D eigenvalue weighted by atomic mass is 10.00. The lowest BCUT2D eigenvalue weighted by molar-refractivity contribution is 0.416. The van der Waals surface area contributed by atoms with Crippen molar-refractivity contribution in [3.05, 3.63) is 53.7 Å². The van der Waals surface area contributed by atoms with Gasteiger partial charge in [-0.1, -0.05) is 11.3 Å². The molecule has 3 aromatic rings. The van der Waals surface area contributed by atoms with Gasteiger partial charge in [0.2, 0.25) is 0 Å². The van der Waals surface area contributed by atoms with Gasteiger partial charge in [0.15, 0.2) is 17.3 Å². The summed E-state index contributed by atoms with van der Waals surface area (Å²) in [5, 5.41) is 19.0. The van der Waals surface area contributed by atoms with E-state index in [4.69, 9.17) is 10.00 Å². The molecule has 3 rings (SSSR count). The monoisotopic (exact) mass is 312 g/mol. The van der Waals surface area contributed by atoms with E-state index in [1.807, 2.05) is 6.07 Å². The third kappa shape index (κ3) is 2.62. The smallest absolute Gasteiger partial charge is 0.163 e. The Labute approximate surface area is 130 Å². The third-order valence-electron chi connectivity index (χ3n) is 3.36. The van der Waals surface area contributed by atoms with Crippen LogP contribution in [0.3, 0.4) is 0 Å². The first-order valence-electron chi connectivity index (χ1n) is 6.59. The van der Waals surface area contributed by atoms with Gasteiger partial charge < -0.3 is 4.74 Å². The van der Waals surface area contributed by atoms with Gasteiger partial charge in [0.05, 0.1) is 7.11 Å². The molecule has 0 bridgehead atoms. The van der Waals surface area contributed by atoms with Crippen molar-refractivity contribution in [3.8, 4) is 34.2 Å². The van der Waals surface area contributed by atoms with Crippen LogP contribution in [-0.2, 0) is 0 Å². The van der Waals surface area contributed by atoms with Gasteiger partial charge in [0.1, 0.15) is 17.5 Å². The topological polar surface area (TPSA) is 74.6 Å². The van der Waals surface area contributed by atoms with Crippen molar-refractivity contribution in [2.75, 3.05) is 7.11 Å². The van der Waals surface area contributed by atoms with E-state index in [9.17, 15) is 8.78 Å². The highest BCUT2D eigenvalue weighted by atomic mass is 19.2. The maximum atomic E-state index is 13.5. The minimum absolute atomic E-state index is 0.214. The molecule has 0 aliphatic heterocycles. The second-order valence-corrected chi connectivity index (χ2v) is 4.69. The summed E-state index contributed by atoms with van der Waals surface area (Å²) in [7, 11) is 1.48. The number of aromatic amines is 1. The number of hydrogen-bond donors (Lipinski definition) is 1. The van der Waals surface area contributed by atoms with E-state index >= 15 is 0 Å². The summed E-state index contributed by atoms with van der Waals surface area (Å²) < 4.78 is 31.9. The molecule has 114 valence electrons. The molecule has 1 heterocycles. The van der Waals surface area contributed by atoms with Crippen LogP contribution >= 0.6 is 0 Å². The van der Waals surface area contributed by atoms with Crippen molar-refractivity contribution in [2.45, 2.75) is 0 Å². The molecule has 0 saturated heterocycles. The Bertz CT molecular complexity index is 915.